The van der Waals surface area contributed by atoms with Crippen molar-refractivity contribution in [3.8, 4) is 0 Å². The molecule has 2 heterocycles. The van der Waals surface area contributed by atoms with Crippen molar-refractivity contribution in [3.63, 3.8) is 0 Å². The molecule has 150 valence electrons. The van der Waals surface area contributed by atoms with Gasteiger partial charge < -0.3 is 10.1 Å². The van der Waals surface area contributed by atoms with Gasteiger partial charge in [0.25, 0.3) is 5.91 Å². The molecule has 4 nitrogen and oxygen atoms in total. The van der Waals surface area contributed by atoms with Crippen LogP contribution < -0.4 is 5.32 Å². The number of nitrogens with zero attached hydrogens (tertiary/aromatic N) is 1. The maximum Gasteiger partial charge on any atom is 0.433 e. The minimum absolute atomic E-state index is 0.0415. The molecule has 1 aliphatic rings. The van der Waals surface area contributed by atoms with Crippen LogP contribution in [0.3, 0.4) is 0 Å². The molecule has 1 aromatic heterocycles. The molecule has 28 heavy (non-hydrogen) atoms. The van der Waals surface area contributed by atoms with Crippen LogP contribution in [0.15, 0.2) is 36.4 Å². The summed E-state index contributed by atoms with van der Waals surface area (Å²) >= 11 is 5.98. The molecular formula is C20H20ClF3N2O2. The smallest absolute Gasteiger partial charge is 0.381 e. The van der Waals surface area contributed by atoms with Crippen molar-refractivity contribution in [1.82, 2.24) is 10.3 Å². The number of amides is 1. The topological polar surface area (TPSA) is 51.2 Å². The lowest BCUT2D eigenvalue weighted by Crippen LogP contribution is -2.44. The zero-order valence-electron chi connectivity index (χ0n) is 15.3. The van der Waals surface area contributed by atoms with Crippen LogP contribution in [-0.4, -0.2) is 30.6 Å². The Hall–Kier alpha value is -2.12. The molecule has 1 saturated heterocycles. The lowest BCUT2D eigenvalue weighted by Gasteiger charge is -2.38. The highest BCUT2D eigenvalue weighted by molar-refractivity contribution is 6.30. The summed E-state index contributed by atoms with van der Waals surface area (Å²) in [6, 6.07) is 9.47. The number of carbonyl (C=O) groups excluding carboxylic acids is 1. The van der Waals surface area contributed by atoms with Crippen molar-refractivity contribution in [2.24, 2.45) is 0 Å². The SMILES string of the molecule is Cc1nc(C(F)(F)F)ccc1C(=O)NCC1(c2ccc(Cl)cc2)CCOCC1. The number of nitrogens with one attached hydrogen (secondary N) is 1. The fourth-order valence-corrected chi connectivity index (χ4v) is 3.56. The fourth-order valence-electron chi connectivity index (χ4n) is 3.44. The fraction of sp³-hybridized carbons (Fsp3) is 0.400. The summed E-state index contributed by atoms with van der Waals surface area (Å²) in [6.07, 6.45) is -3.10. The van der Waals surface area contributed by atoms with Crippen LogP contribution >= 0.6 is 11.6 Å². The number of rotatable bonds is 4. The Labute approximate surface area is 166 Å². The van der Waals surface area contributed by atoms with E-state index in [9.17, 15) is 18.0 Å². The number of pyridine rings is 1. The number of hydrogen-bond acceptors (Lipinski definition) is 3. The molecule has 0 spiro atoms. The number of aromatic nitrogens is 1. The van der Waals surface area contributed by atoms with Crippen LogP contribution in [0.25, 0.3) is 0 Å². The predicted molar refractivity (Wildman–Crippen MR) is 99.5 cm³/mol. The van der Waals surface area contributed by atoms with Gasteiger partial charge in [-0.2, -0.15) is 13.2 Å². The van der Waals surface area contributed by atoms with E-state index >= 15 is 0 Å². The number of carbonyl (C=O) groups is 1. The second-order valence-corrected chi connectivity index (χ2v) is 7.35. The molecule has 0 bridgehead atoms. The van der Waals surface area contributed by atoms with Crippen molar-refractivity contribution >= 4 is 17.5 Å². The molecule has 8 heteroatoms. The van der Waals surface area contributed by atoms with Gasteiger partial charge in [0.1, 0.15) is 5.69 Å². The van der Waals surface area contributed by atoms with Crippen molar-refractivity contribution < 1.29 is 22.7 Å². The molecule has 1 fully saturated rings. The van der Waals surface area contributed by atoms with Crippen molar-refractivity contribution in [1.29, 1.82) is 0 Å². The first kappa shape index (κ1) is 20.6. The molecule has 0 atom stereocenters. The van der Waals surface area contributed by atoms with Crippen molar-refractivity contribution in [2.75, 3.05) is 19.8 Å². The van der Waals surface area contributed by atoms with Crippen LogP contribution in [0, 0.1) is 6.92 Å². The van der Waals surface area contributed by atoms with E-state index in [1.165, 1.54) is 13.0 Å². The van der Waals surface area contributed by atoms with Crippen LogP contribution in [-0.2, 0) is 16.3 Å². The first-order valence-corrected chi connectivity index (χ1v) is 9.26. The van der Waals surface area contributed by atoms with E-state index in [0.717, 1.165) is 24.5 Å². The summed E-state index contributed by atoms with van der Waals surface area (Å²) in [7, 11) is 0. The van der Waals surface area contributed by atoms with Gasteiger partial charge >= 0.3 is 6.18 Å². The summed E-state index contributed by atoms with van der Waals surface area (Å²) in [5.74, 6) is -0.446. The number of alkyl halides is 3. The van der Waals surface area contributed by atoms with Gasteiger partial charge in [-0.3, -0.25) is 4.79 Å². The summed E-state index contributed by atoms with van der Waals surface area (Å²) in [6.45, 7) is 2.88. The molecular weight excluding hydrogens is 393 g/mol. The van der Waals surface area contributed by atoms with Gasteiger partial charge in [0.2, 0.25) is 0 Å². The zero-order chi connectivity index (χ0) is 20.4. The minimum atomic E-state index is -4.54. The lowest BCUT2D eigenvalue weighted by molar-refractivity contribution is -0.141. The highest BCUT2D eigenvalue weighted by atomic mass is 35.5. The highest BCUT2D eigenvalue weighted by Crippen LogP contribution is 2.35. The third kappa shape index (κ3) is 4.47. The predicted octanol–water partition coefficient (Wildman–Crippen LogP) is 4.54. The molecule has 1 aromatic carbocycles. The molecule has 0 radical (unpaired) electrons. The van der Waals surface area contributed by atoms with E-state index < -0.39 is 17.8 Å². The summed E-state index contributed by atoms with van der Waals surface area (Å²) < 4.78 is 43.8. The van der Waals surface area contributed by atoms with Crippen LogP contribution in [0.1, 0.15) is 40.2 Å². The molecule has 1 aliphatic heterocycles. The van der Waals surface area contributed by atoms with Gasteiger partial charge in [-0.1, -0.05) is 23.7 Å². The second kappa shape index (κ2) is 8.09. The molecule has 0 saturated carbocycles. The standard InChI is InChI=1S/C20H20ClF3N2O2/c1-13-16(6-7-17(26-13)20(22,23)24)18(27)25-12-19(8-10-28-11-9-19)14-2-4-15(21)5-3-14/h2-7H,8-12H2,1H3,(H,25,27). The first-order chi connectivity index (χ1) is 13.2. The Morgan fingerprint density at radius 1 is 1.18 bits per heavy atom. The van der Waals surface area contributed by atoms with Gasteiger partial charge in [-0.05, 0) is 49.6 Å². The molecule has 3 rings (SSSR count). The third-order valence-electron chi connectivity index (χ3n) is 5.11. The average molecular weight is 413 g/mol. The van der Waals surface area contributed by atoms with Crippen molar-refractivity contribution in [2.45, 2.75) is 31.4 Å². The summed E-state index contributed by atoms with van der Waals surface area (Å²) in [4.78, 5) is 16.1. The number of hydrogen-bond donors (Lipinski definition) is 1. The molecule has 1 N–H and O–H groups in total. The lowest BCUT2D eigenvalue weighted by atomic mass is 9.74. The first-order valence-electron chi connectivity index (χ1n) is 8.88. The van der Waals surface area contributed by atoms with Crippen LogP contribution in [0.2, 0.25) is 5.02 Å². The van der Waals surface area contributed by atoms with Gasteiger partial charge in [0.05, 0.1) is 11.3 Å². The summed E-state index contributed by atoms with van der Waals surface area (Å²) in [5.41, 5.74) is -0.108. The van der Waals surface area contributed by atoms with E-state index in [-0.39, 0.29) is 16.7 Å². The average Bonchev–Trinajstić information content (AvgIpc) is 2.66. The Balaban J connectivity index is 1.78. The number of ether oxygens (including phenoxy) is 1. The second-order valence-electron chi connectivity index (χ2n) is 6.91. The van der Waals surface area contributed by atoms with E-state index in [2.05, 4.69) is 10.3 Å². The van der Waals surface area contributed by atoms with Gasteiger partial charge in [-0.15, -0.1) is 0 Å². The molecule has 0 unspecified atom stereocenters. The van der Waals surface area contributed by atoms with E-state index in [0.29, 0.717) is 24.8 Å². The monoisotopic (exact) mass is 412 g/mol. The van der Waals surface area contributed by atoms with Crippen molar-refractivity contribution in [3.05, 3.63) is 63.9 Å². The van der Waals surface area contributed by atoms with Crippen LogP contribution in [0.4, 0.5) is 13.2 Å². The summed E-state index contributed by atoms with van der Waals surface area (Å²) in [5, 5.41) is 3.50. The zero-order valence-corrected chi connectivity index (χ0v) is 16.0. The van der Waals surface area contributed by atoms with Gasteiger partial charge in [0.15, 0.2) is 0 Å². The Kier molecular flexibility index (Phi) is 5.95. The molecule has 1 amide bonds. The maximum atomic E-state index is 12.8. The third-order valence-corrected chi connectivity index (χ3v) is 5.37. The number of aryl methyl sites for hydroxylation is 1. The van der Waals surface area contributed by atoms with Gasteiger partial charge in [-0.25, -0.2) is 4.98 Å². The molecule has 2 aromatic rings. The Morgan fingerprint density at radius 2 is 1.82 bits per heavy atom. The molecule has 0 aliphatic carbocycles. The quantitative estimate of drug-likeness (QED) is 0.802. The maximum absolute atomic E-state index is 12.8. The normalized spacial score (nSPS) is 16.6. The number of benzene rings is 1. The number of halogens is 4. The van der Waals surface area contributed by atoms with E-state index in [1.807, 2.05) is 12.1 Å². The minimum Gasteiger partial charge on any atom is -0.381 e. The highest BCUT2D eigenvalue weighted by Gasteiger charge is 2.36. The van der Waals surface area contributed by atoms with Crippen LogP contribution in [0.5, 0.6) is 0 Å². The largest absolute Gasteiger partial charge is 0.433 e. The van der Waals surface area contributed by atoms with E-state index in [1.54, 1.807) is 12.1 Å². The van der Waals surface area contributed by atoms with Gasteiger partial charge in [0, 0.05) is 30.2 Å². The Bertz CT molecular complexity index is 848. The Morgan fingerprint density at radius 3 is 2.39 bits per heavy atom. The van der Waals surface area contributed by atoms with E-state index in [4.69, 9.17) is 16.3 Å².